The van der Waals surface area contributed by atoms with Gasteiger partial charge in [0.1, 0.15) is 0 Å². The van der Waals surface area contributed by atoms with Crippen LogP contribution in [0.25, 0.3) is 0 Å². The third-order valence-electron chi connectivity index (χ3n) is 4.71. The summed E-state index contributed by atoms with van der Waals surface area (Å²) in [4.78, 5) is 14.5. The summed E-state index contributed by atoms with van der Waals surface area (Å²) in [5, 5.41) is 3.02. The maximum absolute atomic E-state index is 12.5. The van der Waals surface area contributed by atoms with Crippen LogP contribution in [-0.2, 0) is 11.2 Å². The van der Waals surface area contributed by atoms with Gasteiger partial charge >= 0.3 is 0 Å². The fourth-order valence-electron chi connectivity index (χ4n) is 3.17. The second-order valence-electron chi connectivity index (χ2n) is 6.76. The molecule has 3 rings (SSSR count). The highest BCUT2D eigenvalue weighted by molar-refractivity contribution is 5.78. The van der Waals surface area contributed by atoms with E-state index in [4.69, 9.17) is 18.9 Å². The van der Waals surface area contributed by atoms with E-state index in [1.54, 1.807) is 20.3 Å². The summed E-state index contributed by atoms with van der Waals surface area (Å²) in [6, 6.07) is 11.4. The van der Waals surface area contributed by atoms with Crippen LogP contribution in [0.2, 0.25) is 0 Å². The van der Waals surface area contributed by atoms with Gasteiger partial charge in [-0.25, -0.2) is 0 Å². The van der Waals surface area contributed by atoms with Gasteiger partial charge in [0.05, 0.1) is 26.7 Å². The van der Waals surface area contributed by atoms with Gasteiger partial charge in [-0.2, -0.15) is 0 Å². The van der Waals surface area contributed by atoms with E-state index in [-0.39, 0.29) is 25.2 Å². The maximum atomic E-state index is 12.5. The molecular formula is C21H26N2O5. The van der Waals surface area contributed by atoms with Crippen molar-refractivity contribution in [2.24, 2.45) is 0 Å². The lowest BCUT2D eigenvalue weighted by Crippen LogP contribution is -2.35. The standard InChI is InChI=1S/C21H26N2O5/c1-23(2)16(15-6-8-18-20(11-15)28-13-27-18)12-22-21(24)10-14-5-7-17(25-3)19(9-14)26-4/h5-9,11,16H,10,12-13H2,1-4H3,(H,22,24). The molecule has 0 fully saturated rings. The van der Waals surface area contributed by atoms with Crippen LogP contribution in [0.15, 0.2) is 36.4 Å². The number of ether oxygens (including phenoxy) is 4. The summed E-state index contributed by atoms with van der Waals surface area (Å²) in [5.41, 5.74) is 1.92. The Balaban J connectivity index is 1.63. The molecule has 2 aromatic rings. The number of nitrogens with one attached hydrogen (secondary N) is 1. The smallest absolute Gasteiger partial charge is 0.231 e. The van der Waals surface area contributed by atoms with Crippen LogP contribution in [0.5, 0.6) is 23.0 Å². The fourth-order valence-corrected chi connectivity index (χ4v) is 3.17. The Morgan fingerprint density at radius 3 is 2.54 bits per heavy atom. The first-order valence-electron chi connectivity index (χ1n) is 9.05. The number of fused-ring (bicyclic) bond motifs is 1. The van der Waals surface area contributed by atoms with Crippen LogP contribution in [0.4, 0.5) is 0 Å². The van der Waals surface area contributed by atoms with Crippen LogP contribution >= 0.6 is 0 Å². The van der Waals surface area contributed by atoms with E-state index in [0.717, 1.165) is 22.6 Å². The molecular weight excluding hydrogens is 360 g/mol. The zero-order valence-electron chi connectivity index (χ0n) is 16.7. The first-order chi connectivity index (χ1) is 13.5. The SMILES string of the molecule is COc1ccc(CC(=O)NCC(c2ccc3c(c2)OCO3)N(C)C)cc1OC. The van der Waals surface area contributed by atoms with Crippen LogP contribution in [0.3, 0.4) is 0 Å². The molecule has 2 aromatic carbocycles. The van der Waals surface area contributed by atoms with E-state index in [2.05, 4.69) is 10.2 Å². The van der Waals surface area contributed by atoms with E-state index in [0.29, 0.717) is 18.0 Å². The molecule has 28 heavy (non-hydrogen) atoms. The summed E-state index contributed by atoms with van der Waals surface area (Å²) < 4.78 is 21.4. The van der Waals surface area contributed by atoms with Crippen molar-refractivity contribution in [3.63, 3.8) is 0 Å². The van der Waals surface area contributed by atoms with Crippen LogP contribution < -0.4 is 24.3 Å². The van der Waals surface area contributed by atoms with Gasteiger partial charge in [-0.3, -0.25) is 4.79 Å². The van der Waals surface area contributed by atoms with Crippen LogP contribution in [-0.4, -0.2) is 52.5 Å². The van der Waals surface area contributed by atoms with Crippen molar-refractivity contribution in [2.75, 3.05) is 41.7 Å². The zero-order valence-corrected chi connectivity index (χ0v) is 16.7. The largest absolute Gasteiger partial charge is 0.493 e. The lowest BCUT2D eigenvalue weighted by molar-refractivity contribution is -0.120. The number of carbonyl (C=O) groups is 1. The minimum atomic E-state index is -0.0557. The van der Waals surface area contributed by atoms with Crippen molar-refractivity contribution in [2.45, 2.75) is 12.5 Å². The predicted molar refractivity (Wildman–Crippen MR) is 105 cm³/mol. The van der Waals surface area contributed by atoms with Gasteiger partial charge in [0.25, 0.3) is 0 Å². The highest BCUT2D eigenvalue weighted by Gasteiger charge is 2.20. The number of methoxy groups -OCH3 is 2. The number of hydrogen-bond acceptors (Lipinski definition) is 6. The monoisotopic (exact) mass is 386 g/mol. The average Bonchev–Trinajstić information content (AvgIpc) is 3.15. The first kappa shape index (κ1) is 19.8. The molecule has 1 heterocycles. The molecule has 1 amide bonds. The molecule has 0 saturated carbocycles. The Morgan fingerprint density at radius 1 is 1.07 bits per heavy atom. The third-order valence-corrected chi connectivity index (χ3v) is 4.71. The number of hydrogen-bond donors (Lipinski definition) is 1. The zero-order chi connectivity index (χ0) is 20.1. The first-order valence-corrected chi connectivity index (χ1v) is 9.05. The normalized spacial score (nSPS) is 13.3. The van der Waals surface area contributed by atoms with E-state index < -0.39 is 0 Å². The number of benzene rings is 2. The van der Waals surface area contributed by atoms with Gasteiger partial charge < -0.3 is 29.2 Å². The van der Waals surface area contributed by atoms with Crippen molar-refractivity contribution in [3.8, 4) is 23.0 Å². The summed E-state index contributed by atoms with van der Waals surface area (Å²) >= 11 is 0. The molecule has 150 valence electrons. The molecule has 0 bridgehead atoms. The van der Waals surface area contributed by atoms with Crippen molar-refractivity contribution >= 4 is 5.91 Å². The molecule has 0 spiro atoms. The Morgan fingerprint density at radius 2 is 1.82 bits per heavy atom. The lowest BCUT2D eigenvalue weighted by Gasteiger charge is -2.25. The lowest BCUT2D eigenvalue weighted by atomic mass is 10.0. The van der Waals surface area contributed by atoms with Gasteiger partial charge in [0.15, 0.2) is 23.0 Å². The Bertz CT molecular complexity index is 838. The molecule has 0 aromatic heterocycles. The molecule has 1 N–H and O–H groups in total. The van der Waals surface area contributed by atoms with Gasteiger partial charge in [-0.15, -0.1) is 0 Å². The van der Waals surface area contributed by atoms with Crippen molar-refractivity contribution in [1.29, 1.82) is 0 Å². The molecule has 1 aliphatic heterocycles. The molecule has 1 atom stereocenters. The van der Waals surface area contributed by atoms with E-state index in [9.17, 15) is 4.79 Å². The Labute approximate surface area is 165 Å². The van der Waals surface area contributed by atoms with Crippen molar-refractivity contribution in [3.05, 3.63) is 47.5 Å². The van der Waals surface area contributed by atoms with Crippen molar-refractivity contribution in [1.82, 2.24) is 10.2 Å². The third kappa shape index (κ3) is 4.48. The highest BCUT2D eigenvalue weighted by Crippen LogP contribution is 2.35. The Hall–Kier alpha value is -2.93. The molecule has 1 aliphatic rings. The second kappa shape index (κ2) is 8.84. The molecule has 7 nitrogen and oxygen atoms in total. The van der Waals surface area contributed by atoms with Crippen LogP contribution in [0, 0.1) is 0 Å². The van der Waals surface area contributed by atoms with Gasteiger partial charge in [0, 0.05) is 6.54 Å². The summed E-state index contributed by atoms with van der Waals surface area (Å²) in [6.45, 7) is 0.728. The number of nitrogens with zero attached hydrogens (tertiary/aromatic N) is 1. The fraction of sp³-hybridized carbons (Fsp3) is 0.381. The van der Waals surface area contributed by atoms with Gasteiger partial charge in [-0.1, -0.05) is 12.1 Å². The molecule has 0 saturated heterocycles. The second-order valence-corrected chi connectivity index (χ2v) is 6.76. The number of carbonyl (C=O) groups excluding carboxylic acids is 1. The highest BCUT2D eigenvalue weighted by atomic mass is 16.7. The topological polar surface area (TPSA) is 69.3 Å². The molecule has 7 heteroatoms. The summed E-state index contributed by atoms with van der Waals surface area (Å²) in [5.74, 6) is 2.68. The summed E-state index contributed by atoms with van der Waals surface area (Å²) in [6.07, 6.45) is 0.266. The molecule has 0 aliphatic carbocycles. The Kier molecular flexibility index (Phi) is 6.26. The van der Waals surface area contributed by atoms with Crippen LogP contribution in [0.1, 0.15) is 17.2 Å². The quantitative estimate of drug-likeness (QED) is 0.751. The minimum absolute atomic E-state index is 0.0175. The number of amides is 1. The van der Waals surface area contributed by atoms with Crippen molar-refractivity contribution < 1.29 is 23.7 Å². The molecule has 1 unspecified atom stereocenters. The number of rotatable bonds is 8. The van der Waals surface area contributed by atoms with Gasteiger partial charge in [-0.05, 0) is 49.5 Å². The summed E-state index contributed by atoms with van der Waals surface area (Å²) in [7, 11) is 7.13. The van der Waals surface area contributed by atoms with E-state index in [1.165, 1.54) is 0 Å². The minimum Gasteiger partial charge on any atom is -0.493 e. The molecule has 0 radical (unpaired) electrons. The maximum Gasteiger partial charge on any atom is 0.231 e. The van der Waals surface area contributed by atoms with E-state index >= 15 is 0 Å². The average molecular weight is 386 g/mol. The predicted octanol–water partition coefficient (Wildman–Crippen LogP) is 2.39. The van der Waals surface area contributed by atoms with E-state index in [1.807, 2.05) is 44.4 Å². The number of likely N-dealkylation sites (N-methyl/N-ethyl adjacent to an activating group) is 1. The van der Waals surface area contributed by atoms with Gasteiger partial charge in [0.2, 0.25) is 12.7 Å².